The number of rotatable bonds is 3. The minimum Gasteiger partial charge on any atom is -0.309 e. The largest absolute Gasteiger partial charge is 0.434 e. The molecule has 6 heteroatoms. The van der Waals surface area contributed by atoms with Crippen molar-refractivity contribution < 1.29 is 13.2 Å². The average molecular weight is 236 g/mol. The Kier molecular flexibility index (Phi) is 2.72. The second-order valence-corrected chi connectivity index (χ2v) is 4.95. The topological polar surface area (TPSA) is 24.9 Å². The number of hydrogen-bond acceptors (Lipinski definition) is 3. The van der Waals surface area contributed by atoms with Crippen LogP contribution in [-0.4, -0.2) is 11.0 Å². The van der Waals surface area contributed by atoms with Crippen LogP contribution in [0.5, 0.6) is 0 Å². The first kappa shape index (κ1) is 10.9. The zero-order chi connectivity index (χ0) is 11.1. The minimum atomic E-state index is -4.33. The molecule has 2 rings (SSSR count). The van der Waals surface area contributed by atoms with Crippen LogP contribution in [0, 0.1) is 6.92 Å². The molecule has 1 fully saturated rings. The fourth-order valence-electron chi connectivity index (χ4n) is 1.34. The number of halogens is 3. The van der Waals surface area contributed by atoms with Gasteiger partial charge < -0.3 is 5.32 Å². The molecule has 0 bridgehead atoms. The molecule has 0 amide bonds. The SMILES string of the molecule is Cc1nc(C(F)(F)F)c(CNC2CC2)s1. The number of aryl methyl sites for hydroxylation is 1. The van der Waals surface area contributed by atoms with E-state index >= 15 is 0 Å². The quantitative estimate of drug-likeness (QED) is 0.872. The summed E-state index contributed by atoms with van der Waals surface area (Å²) >= 11 is 1.12. The molecule has 1 N–H and O–H groups in total. The molecule has 2 nitrogen and oxygen atoms in total. The maximum absolute atomic E-state index is 12.5. The van der Waals surface area contributed by atoms with Crippen molar-refractivity contribution in [2.45, 2.75) is 38.5 Å². The van der Waals surface area contributed by atoms with Gasteiger partial charge in [0.15, 0.2) is 5.69 Å². The molecule has 0 unspecified atom stereocenters. The van der Waals surface area contributed by atoms with E-state index in [1.54, 1.807) is 6.92 Å². The second-order valence-electron chi connectivity index (χ2n) is 3.66. The highest BCUT2D eigenvalue weighted by Gasteiger charge is 2.37. The first-order valence-corrected chi connectivity index (χ1v) is 5.55. The van der Waals surface area contributed by atoms with Crippen molar-refractivity contribution in [2.75, 3.05) is 0 Å². The summed E-state index contributed by atoms with van der Waals surface area (Å²) in [5.41, 5.74) is -0.724. The highest BCUT2D eigenvalue weighted by atomic mass is 32.1. The fourth-order valence-corrected chi connectivity index (χ4v) is 2.24. The molecule has 1 heterocycles. The molecule has 0 aromatic carbocycles. The van der Waals surface area contributed by atoms with Gasteiger partial charge in [0.1, 0.15) is 0 Å². The van der Waals surface area contributed by atoms with E-state index in [4.69, 9.17) is 0 Å². The van der Waals surface area contributed by atoms with E-state index in [0.717, 1.165) is 24.2 Å². The Morgan fingerprint density at radius 1 is 1.47 bits per heavy atom. The van der Waals surface area contributed by atoms with Gasteiger partial charge in [0.05, 0.1) is 9.88 Å². The number of thiazole rings is 1. The van der Waals surface area contributed by atoms with E-state index < -0.39 is 11.9 Å². The molecule has 0 spiro atoms. The molecule has 84 valence electrons. The van der Waals surface area contributed by atoms with Crippen molar-refractivity contribution in [1.82, 2.24) is 10.3 Å². The van der Waals surface area contributed by atoms with Crippen molar-refractivity contribution in [3.8, 4) is 0 Å². The van der Waals surface area contributed by atoms with Gasteiger partial charge >= 0.3 is 6.18 Å². The lowest BCUT2D eigenvalue weighted by Crippen LogP contribution is -2.18. The van der Waals surface area contributed by atoms with Crippen LogP contribution in [0.25, 0.3) is 0 Å². The molecule has 0 aliphatic heterocycles. The van der Waals surface area contributed by atoms with Crippen molar-refractivity contribution >= 4 is 11.3 Å². The van der Waals surface area contributed by atoms with Gasteiger partial charge in [0.25, 0.3) is 0 Å². The van der Waals surface area contributed by atoms with Crippen molar-refractivity contribution in [3.05, 3.63) is 15.6 Å². The third-order valence-corrected chi connectivity index (χ3v) is 3.17. The van der Waals surface area contributed by atoms with E-state index in [0.29, 0.717) is 15.9 Å². The third kappa shape index (κ3) is 2.69. The van der Waals surface area contributed by atoms with Crippen LogP contribution >= 0.6 is 11.3 Å². The molecular weight excluding hydrogens is 225 g/mol. The summed E-state index contributed by atoms with van der Waals surface area (Å²) in [4.78, 5) is 3.83. The second kappa shape index (κ2) is 3.75. The summed E-state index contributed by atoms with van der Waals surface area (Å²) in [6, 6.07) is 0.411. The van der Waals surface area contributed by atoms with Gasteiger partial charge in [0, 0.05) is 12.6 Å². The maximum atomic E-state index is 12.5. The maximum Gasteiger partial charge on any atom is 0.434 e. The normalized spacial score (nSPS) is 17.1. The van der Waals surface area contributed by atoms with E-state index in [1.165, 1.54) is 0 Å². The monoisotopic (exact) mass is 236 g/mol. The third-order valence-electron chi connectivity index (χ3n) is 2.20. The summed E-state index contributed by atoms with van der Waals surface area (Å²) in [7, 11) is 0. The van der Waals surface area contributed by atoms with E-state index in [1.807, 2.05) is 0 Å². The van der Waals surface area contributed by atoms with Crippen molar-refractivity contribution in [2.24, 2.45) is 0 Å². The van der Waals surface area contributed by atoms with Crippen LogP contribution < -0.4 is 5.32 Å². The van der Waals surface area contributed by atoms with Crippen LogP contribution in [0.1, 0.15) is 28.4 Å². The Bertz CT molecular complexity index is 355. The molecule has 1 aliphatic carbocycles. The van der Waals surface area contributed by atoms with Gasteiger partial charge in [-0.3, -0.25) is 0 Å². The van der Waals surface area contributed by atoms with Gasteiger partial charge in [-0.05, 0) is 19.8 Å². The van der Waals surface area contributed by atoms with E-state index in [2.05, 4.69) is 10.3 Å². The summed E-state index contributed by atoms with van der Waals surface area (Å²) in [6.07, 6.45) is -2.19. The van der Waals surface area contributed by atoms with Crippen LogP contribution in [0.4, 0.5) is 13.2 Å². The summed E-state index contributed by atoms with van der Waals surface area (Å²) in [5, 5.41) is 3.54. The highest BCUT2D eigenvalue weighted by molar-refractivity contribution is 7.11. The van der Waals surface area contributed by atoms with Crippen LogP contribution in [0.15, 0.2) is 0 Å². The average Bonchev–Trinajstić information content (AvgIpc) is 2.85. The molecule has 0 radical (unpaired) electrons. The smallest absolute Gasteiger partial charge is 0.309 e. The highest BCUT2D eigenvalue weighted by Crippen LogP contribution is 2.34. The first-order valence-electron chi connectivity index (χ1n) is 4.73. The first-order chi connectivity index (χ1) is 6.97. The zero-order valence-corrected chi connectivity index (χ0v) is 9.00. The molecule has 1 saturated carbocycles. The predicted molar refractivity (Wildman–Crippen MR) is 51.7 cm³/mol. The number of nitrogens with zero attached hydrogens (tertiary/aromatic N) is 1. The standard InChI is InChI=1S/C9H11F3N2S/c1-5-14-8(9(10,11)12)7(15-5)4-13-6-2-3-6/h6,13H,2-4H2,1H3. The van der Waals surface area contributed by atoms with E-state index in [9.17, 15) is 13.2 Å². The number of alkyl halides is 3. The molecule has 1 aromatic rings. The molecular formula is C9H11F3N2S. The van der Waals surface area contributed by atoms with Gasteiger partial charge in [-0.1, -0.05) is 0 Å². The Labute approximate surface area is 89.5 Å². The Morgan fingerprint density at radius 2 is 2.13 bits per heavy atom. The van der Waals surface area contributed by atoms with Gasteiger partial charge in [-0.15, -0.1) is 11.3 Å². The fraction of sp³-hybridized carbons (Fsp3) is 0.667. The van der Waals surface area contributed by atoms with Crippen LogP contribution in [0.2, 0.25) is 0 Å². The Balaban J connectivity index is 2.13. The van der Waals surface area contributed by atoms with Crippen LogP contribution in [-0.2, 0) is 12.7 Å². The number of aromatic nitrogens is 1. The Hall–Kier alpha value is -0.620. The number of nitrogens with one attached hydrogen (secondary N) is 1. The van der Waals surface area contributed by atoms with Gasteiger partial charge in [0.2, 0.25) is 0 Å². The Morgan fingerprint density at radius 3 is 2.67 bits per heavy atom. The number of hydrogen-bond donors (Lipinski definition) is 1. The molecule has 0 atom stereocenters. The summed E-state index contributed by atoms with van der Waals surface area (Å²) in [5.74, 6) is 0. The van der Waals surface area contributed by atoms with Gasteiger partial charge in [-0.2, -0.15) is 13.2 Å². The van der Waals surface area contributed by atoms with Crippen LogP contribution in [0.3, 0.4) is 0 Å². The minimum absolute atomic E-state index is 0.283. The molecule has 1 aliphatic rings. The molecule has 1 aromatic heterocycles. The van der Waals surface area contributed by atoms with Crippen molar-refractivity contribution in [3.63, 3.8) is 0 Å². The lowest BCUT2D eigenvalue weighted by atomic mass is 10.3. The predicted octanol–water partition coefficient (Wildman–Crippen LogP) is 2.72. The van der Waals surface area contributed by atoms with Gasteiger partial charge in [-0.25, -0.2) is 4.98 Å². The lowest BCUT2D eigenvalue weighted by Gasteiger charge is -2.06. The summed E-state index contributed by atoms with van der Waals surface area (Å²) in [6.45, 7) is 1.88. The van der Waals surface area contributed by atoms with E-state index in [-0.39, 0.29) is 6.54 Å². The lowest BCUT2D eigenvalue weighted by molar-refractivity contribution is -0.141. The van der Waals surface area contributed by atoms with Crippen molar-refractivity contribution in [1.29, 1.82) is 0 Å². The molecule has 15 heavy (non-hydrogen) atoms. The summed E-state index contributed by atoms with van der Waals surface area (Å²) < 4.78 is 37.6. The zero-order valence-electron chi connectivity index (χ0n) is 8.19. The molecule has 0 saturated heterocycles.